The SMILES string of the molecule is CCC1=CSCC2(COC2)CN1C(N)=O. The molecule has 2 heterocycles. The molecule has 0 aliphatic carbocycles. The van der Waals surface area contributed by atoms with Crippen LogP contribution in [0.25, 0.3) is 0 Å². The molecule has 0 aromatic carbocycles. The van der Waals surface area contributed by atoms with Crippen molar-refractivity contribution in [1.29, 1.82) is 0 Å². The molecule has 4 nitrogen and oxygen atoms in total. The van der Waals surface area contributed by atoms with Crippen LogP contribution in [-0.4, -0.2) is 36.4 Å². The van der Waals surface area contributed by atoms with Crippen LogP contribution in [0.2, 0.25) is 0 Å². The summed E-state index contributed by atoms with van der Waals surface area (Å²) in [6, 6.07) is -0.350. The van der Waals surface area contributed by atoms with Crippen LogP contribution in [0.1, 0.15) is 13.3 Å². The number of allylic oxidation sites excluding steroid dienone is 1. The molecule has 1 fully saturated rings. The Morgan fingerprint density at radius 2 is 2.47 bits per heavy atom. The van der Waals surface area contributed by atoms with E-state index in [4.69, 9.17) is 10.5 Å². The van der Waals surface area contributed by atoms with E-state index in [2.05, 4.69) is 5.41 Å². The van der Waals surface area contributed by atoms with E-state index in [-0.39, 0.29) is 11.4 Å². The first-order valence-corrected chi connectivity index (χ1v) is 6.17. The molecule has 1 spiro atoms. The number of carbonyl (C=O) groups is 1. The normalized spacial score (nSPS) is 24.3. The summed E-state index contributed by atoms with van der Waals surface area (Å²) >= 11 is 1.76. The van der Waals surface area contributed by atoms with E-state index in [1.165, 1.54) is 0 Å². The fourth-order valence-electron chi connectivity index (χ4n) is 1.92. The number of nitrogens with zero attached hydrogens (tertiary/aromatic N) is 1. The third-order valence-electron chi connectivity index (χ3n) is 2.89. The molecule has 15 heavy (non-hydrogen) atoms. The highest BCUT2D eigenvalue weighted by atomic mass is 32.2. The third kappa shape index (κ3) is 1.99. The molecule has 2 amide bonds. The molecule has 1 saturated heterocycles. The molecule has 2 aliphatic heterocycles. The minimum Gasteiger partial charge on any atom is -0.380 e. The number of urea groups is 1. The largest absolute Gasteiger partial charge is 0.380 e. The van der Waals surface area contributed by atoms with Crippen molar-refractivity contribution in [1.82, 2.24) is 4.90 Å². The fraction of sp³-hybridized carbons (Fsp3) is 0.700. The van der Waals surface area contributed by atoms with Gasteiger partial charge >= 0.3 is 6.03 Å². The lowest BCUT2D eigenvalue weighted by atomic mass is 9.87. The number of carbonyl (C=O) groups excluding carboxylic acids is 1. The highest BCUT2D eigenvalue weighted by Crippen LogP contribution is 2.37. The Labute approximate surface area is 93.8 Å². The number of thioether (sulfide) groups is 1. The second-order valence-corrected chi connectivity index (χ2v) is 5.05. The first-order chi connectivity index (χ1) is 7.17. The molecule has 0 bridgehead atoms. The Kier molecular flexibility index (Phi) is 2.93. The van der Waals surface area contributed by atoms with Crippen LogP contribution in [0.3, 0.4) is 0 Å². The maximum absolute atomic E-state index is 11.4. The number of amides is 2. The average molecular weight is 228 g/mol. The monoisotopic (exact) mass is 228 g/mol. The summed E-state index contributed by atoms with van der Waals surface area (Å²) in [7, 11) is 0. The fourth-order valence-corrected chi connectivity index (χ4v) is 3.10. The van der Waals surface area contributed by atoms with Gasteiger partial charge in [0.25, 0.3) is 0 Å². The lowest BCUT2D eigenvalue weighted by molar-refractivity contribution is -0.104. The molecule has 2 N–H and O–H groups in total. The topological polar surface area (TPSA) is 55.6 Å². The van der Waals surface area contributed by atoms with Gasteiger partial charge in [-0.2, -0.15) is 0 Å². The first-order valence-electron chi connectivity index (χ1n) is 5.12. The third-order valence-corrected chi connectivity index (χ3v) is 4.11. The van der Waals surface area contributed by atoms with Crippen LogP contribution in [0.4, 0.5) is 4.79 Å². The second-order valence-electron chi connectivity index (χ2n) is 4.19. The van der Waals surface area contributed by atoms with Crippen molar-refractivity contribution in [2.45, 2.75) is 13.3 Å². The number of rotatable bonds is 1. The molecule has 0 radical (unpaired) electrons. The summed E-state index contributed by atoms with van der Waals surface area (Å²) < 4.78 is 5.25. The van der Waals surface area contributed by atoms with Gasteiger partial charge in [-0.25, -0.2) is 4.79 Å². The van der Waals surface area contributed by atoms with Crippen molar-refractivity contribution in [3.63, 3.8) is 0 Å². The quantitative estimate of drug-likeness (QED) is 0.737. The van der Waals surface area contributed by atoms with Gasteiger partial charge in [0.2, 0.25) is 0 Å². The Hall–Kier alpha value is -0.680. The molecule has 84 valence electrons. The van der Waals surface area contributed by atoms with E-state index in [0.29, 0.717) is 6.54 Å². The highest BCUT2D eigenvalue weighted by Gasteiger charge is 2.42. The van der Waals surface area contributed by atoms with Gasteiger partial charge in [0.15, 0.2) is 0 Å². The predicted octanol–water partition coefficient (Wildman–Crippen LogP) is 1.38. The Morgan fingerprint density at radius 1 is 1.73 bits per heavy atom. The lowest BCUT2D eigenvalue weighted by Gasteiger charge is -2.42. The maximum Gasteiger partial charge on any atom is 0.319 e. The molecular formula is C10H16N2O2S. The van der Waals surface area contributed by atoms with Crippen LogP contribution < -0.4 is 5.73 Å². The molecular weight excluding hydrogens is 212 g/mol. The number of primary amides is 1. The summed E-state index contributed by atoms with van der Waals surface area (Å²) in [6.45, 7) is 4.23. The van der Waals surface area contributed by atoms with Gasteiger partial charge < -0.3 is 10.5 Å². The first kappa shape index (κ1) is 10.8. The van der Waals surface area contributed by atoms with Crippen molar-refractivity contribution >= 4 is 17.8 Å². The van der Waals surface area contributed by atoms with Crippen LogP contribution in [0.15, 0.2) is 11.1 Å². The smallest absolute Gasteiger partial charge is 0.319 e. The standard InChI is InChI=1S/C10H16N2O2S/c1-2-8-3-15-7-10(5-14-6-10)4-12(8)9(11)13/h3H,2,4-7H2,1H3,(H2,11,13). The summed E-state index contributed by atoms with van der Waals surface area (Å²) in [5.41, 5.74) is 6.55. The highest BCUT2D eigenvalue weighted by molar-refractivity contribution is 8.02. The van der Waals surface area contributed by atoms with Crippen molar-refractivity contribution in [2.75, 3.05) is 25.5 Å². The Morgan fingerprint density at radius 3 is 2.93 bits per heavy atom. The van der Waals surface area contributed by atoms with E-state index in [0.717, 1.165) is 31.1 Å². The number of hydrogen-bond acceptors (Lipinski definition) is 3. The predicted molar refractivity (Wildman–Crippen MR) is 60.4 cm³/mol. The van der Waals surface area contributed by atoms with Crippen molar-refractivity contribution < 1.29 is 9.53 Å². The second kappa shape index (κ2) is 4.06. The molecule has 0 saturated carbocycles. The van der Waals surface area contributed by atoms with Crippen molar-refractivity contribution in [3.8, 4) is 0 Å². The zero-order valence-electron chi connectivity index (χ0n) is 8.86. The van der Waals surface area contributed by atoms with Gasteiger partial charge in [-0.05, 0) is 11.8 Å². The van der Waals surface area contributed by atoms with Crippen LogP contribution in [0, 0.1) is 5.41 Å². The van der Waals surface area contributed by atoms with Crippen molar-refractivity contribution in [2.24, 2.45) is 11.1 Å². The average Bonchev–Trinajstić information content (AvgIpc) is 2.35. The Bertz CT molecular complexity index is 300. The molecule has 0 atom stereocenters. The number of hydrogen-bond donors (Lipinski definition) is 1. The summed E-state index contributed by atoms with van der Waals surface area (Å²) in [4.78, 5) is 13.1. The van der Waals surface area contributed by atoms with Gasteiger partial charge in [0.05, 0.1) is 13.2 Å². The zero-order chi connectivity index (χ0) is 10.9. The van der Waals surface area contributed by atoms with Gasteiger partial charge in [-0.15, -0.1) is 11.8 Å². The molecule has 0 aromatic heterocycles. The van der Waals surface area contributed by atoms with Crippen molar-refractivity contribution in [3.05, 3.63) is 11.1 Å². The van der Waals surface area contributed by atoms with Crippen LogP contribution in [-0.2, 0) is 4.74 Å². The van der Waals surface area contributed by atoms with Gasteiger partial charge in [-0.3, -0.25) is 4.90 Å². The van der Waals surface area contributed by atoms with Gasteiger partial charge in [0.1, 0.15) is 0 Å². The summed E-state index contributed by atoms with van der Waals surface area (Å²) in [5.74, 6) is 1.01. The molecule has 2 rings (SSSR count). The van der Waals surface area contributed by atoms with E-state index in [1.54, 1.807) is 16.7 Å². The van der Waals surface area contributed by atoms with Gasteiger partial charge in [-0.1, -0.05) is 6.92 Å². The number of ether oxygens (including phenoxy) is 1. The van der Waals surface area contributed by atoms with Gasteiger partial charge in [0, 0.05) is 23.4 Å². The van der Waals surface area contributed by atoms with E-state index in [1.807, 2.05) is 6.92 Å². The molecule has 0 unspecified atom stereocenters. The van der Waals surface area contributed by atoms with Crippen LogP contribution in [0.5, 0.6) is 0 Å². The number of nitrogens with two attached hydrogens (primary N) is 1. The summed E-state index contributed by atoms with van der Waals surface area (Å²) in [5, 5.41) is 2.05. The Balaban J connectivity index is 2.16. The zero-order valence-corrected chi connectivity index (χ0v) is 9.68. The van der Waals surface area contributed by atoms with Crippen LogP contribution >= 0.6 is 11.8 Å². The van der Waals surface area contributed by atoms with E-state index in [9.17, 15) is 4.79 Å². The lowest BCUT2D eigenvalue weighted by Crippen LogP contribution is -2.53. The minimum atomic E-state index is -0.350. The molecule has 2 aliphatic rings. The maximum atomic E-state index is 11.4. The summed E-state index contributed by atoms with van der Waals surface area (Å²) in [6.07, 6.45) is 0.840. The van der Waals surface area contributed by atoms with E-state index >= 15 is 0 Å². The molecule has 0 aromatic rings. The minimum absolute atomic E-state index is 0.132. The van der Waals surface area contributed by atoms with E-state index < -0.39 is 0 Å². The molecule has 5 heteroatoms.